The van der Waals surface area contributed by atoms with Crippen molar-refractivity contribution in [1.82, 2.24) is 10.2 Å². The summed E-state index contributed by atoms with van der Waals surface area (Å²) in [5.41, 5.74) is 0. The van der Waals surface area contributed by atoms with E-state index in [-0.39, 0.29) is 5.92 Å². The maximum Gasteiger partial charge on any atom is 0.225 e. The average molecular weight is 226 g/mol. The van der Waals surface area contributed by atoms with Crippen LogP contribution in [0.3, 0.4) is 0 Å². The summed E-state index contributed by atoms with van der Waals surface area (Å²) in [4.78, 5) is 14.2. The number of piperidine rings is 1. The van der Waals surface area contributed by atoms with Gasteiger partial charge in [0, 0.05) is 19.0 Å². The molecule has 0 aromatic heterocycles. The van der Waals surface area contributed by atoms with Gasteiger partial charge in [-0.3, -0.25) is 4.79 Å². The maximum absolute atomic E-state index is 12.1. The summed E-state index contributed by atoms with van der Waals surface area (Å²) in [6.07, 6.45) is 4.54. The van der Waals surface area contributed by atoms with Gasteiger partial charge in [0.25, 0.3) is 0 Å². The third kappa shape index (κ3) is 3.78. The first-order chi connectivity index (χ1) is 7.69. The van der Waals surface area contributed by atoms with Gasteiger partial charge in [-0.1, -0.05) is 20.3 Å². The SMILES string of the molecule is CCCC(C)C(=O)N1CCCC(CNC)C1. The molecule has 0 saturated carbocycles. The van der Waals surface area contributed by atoms with E-state index in [2.05, 4.69) is 24.1 Å². The van der Waals surface area contributed by atoms with Crippen LogP contribution in [0.15, 0.2) is 0 Å². The monoisotopic (exact) mass is 226 g/mol. The molecule has 0 radical (unpaired) electrons. The van der Waals surface area contributed by atoms with Crippen molar-refractivity contribution in [3.63, 3.8) is 0 Å². The third-order valence-corrected chi connectivity index (χ3v) is 3.47. The van der Waals surface area contributed by atoms with Crippen LogP contribution in [0.4, 0.5) is 0 Å². The molecule has 0 bridgehead atoms. The van der Waals surface area contributed by atoms with Crippen LogP contribution in [-0.2, 0) is 4.79 Å². The Labute approximate surface area is 99.6 Å². The Bertz CT molecular complexity index is 216. The Morgan fingerprint density at radius 3 is 2.94 bits per heavy atom. The van der Waals surface area contributed by atoms with Crippen LogP contribution in [0, 0.1) is 11.8 Å². The van der Waals surface area contributed by atoms with Gasteiger partial charge in [0.05, 0.1) is 0 Å². The summed E-state index contributed by atoms with van der Waals surface area (Å²) < 4.78 is 0. The molecule has 1 N–H and O–H groups in total. The van der Waals surface area contributed by atoms with E-state index in [9.17, 15) is 4.79 Å². The van der Waals surface area contributed by atoms with Crippen LogP contribution >= 0.6 is 0 Å². The number of amides is 1. The van der Waals surface area contributed by atoms with Crippen molar-refractivity contribution < 1.29 is 4.79 Å². The van der Waals surface area contributed by atoms with Crippen molar-refractivity contribution >= 4 is 5.91 Å². The summed E-state index contributed by atoms with van der Waals surface area (Å²) in [5.74, 6) is 1.22. The third-order valence-electron chi connectivity index (χ3n) is 3.47. The summed E-state index contributed by atoms with van der Waals surface area (Å²) in [5, 5.41) is 3.21. The molecule has 1 fully saturated rings. The molecule has 2 atom stereocenters. The molecule has 0 aromatic carbocycles. The Hall–Kier alpha value is -0.570. The standard InChI is InChI=1S/C13H26N2O/c1-4-6-11(2)13(16)15-8-5-7-12(10-15)9-14-3/h11-12,14H,4-10H2,1-3H3. The van der Waals surface area contributed by atoms with Gasteiger partial charge in [0.1, 0.15) is 0 Å². The summed E-state index contributed by atoms with van der Waals surface area (Å²) in [7, 11) is 1.99. The lowest BCUT2D eigenvalue weighted by atomic mass is 9.96. The number of hydrogen-bond acceptors (Lipinski definition) is 2. The molecule has 1 heterocycles. The van der Waals surface area contributed by atoms with Crippen molar-refractivity contribution in [2.24, 2.45) is 11.8 Å². The lowest BCUT2D eigenvalue weighted by molar-refractivity contribution is -0.137. The first-order valence-electron chi connectivity index (χ1n) is 6.62. The first-order valence-corrected chi connectivity index (χ1v) is 6.62. The number of nitrogens with zero attached hydrogens (tertiary/aromatic N) is 1. The summed E-state index contributed by atoms with van der Waals surface area (Å²) in [6.45, 7) is 7.16. The van der Waals surface area contributed by atoms with Gasteiger partial charge in [0.15, 0.2) is 0 Å². The molecule has 1 aliphatic heterocycles. The molecule has 0 aliphatic carbocycles. The Balaban J connectivity index is 2.43. The number of hydrogen-bond donors (Lipinski definition) is 1. The zero-order valence-electron chi connectivity index (χ0n) is 11.0. The van der Waals surface area contributed by atoms with Gasteiger partial charge in [-0.2, -0.15) is 0 Å². The molecule has 3 heteroatoms. The zero-order valence-corrected chi connectivity index (χ0v) is 11.0. The lowest BCUT2D eigenvalue weighted by Crippen LogP contribution is -2.44. The van der Waals surface area contributed by atoms with Crippen LogP contribution in [-0.4, -0.2) is 37.5 Å². The molecule has 1 aliphatic rings. The highest BCUT2D eigenvalue weighted by molar-refractivity contribution is 5.78. The fourth-order valence-corrected chi connectivity index (χ4v) is 2.59. The minimum Gasteiger partial charge on any atom is -0.342 e. The molecule has 0 spiro atoms. The molecule has 0 aromatic rings. The predicted octanol–water partition coefficient (Wildman–Crippen LogP) is 1.88. The molecular weight excluding hydrogens is 200 g/mol. The van der Waals surface area contributed by atoms with Crippen molar-refractivity contribution in [3.8, 4) is 0 Å². The molecule has 1 amide bonds. The second kappa shape index (κ2) is 6.89. The lowest BCUT2D eigenvalue weighted by Gasteiger charge is -2.34. The molecule has 1 saturated heterocycles. The molecule has 2 unspecified atom stereocenters. The average Bonchev–Trinajstić information content (AvgIpc) is 2.29. The largest absolute Gasteiger partial charge is 0.342 e. The van der Waals surface area contributed by atoms with Gasteiger partial charge in [-0.05, 0) is 38.8 Å². The zero-order chi connectivity index (χ0) is 12.0. The second-order valence-corrected chi connectivity index (χ2v) is 5.04. The number of nitrogens with one attached hydrogen (secondary N) is 1. The molecule has 3 nitrogen and oxygen atoms in total. The first kappa shape index (κ1) is 13.5. The fourth-order valence-electron chi connectivity index (χ4n) is 2.59. The van der Waals surface area contributed by atoms with Crippen LogP contribution in [0.5, 0.6) is 0 Å². The van der Waals surface area contributed by atoms with E-state index in [0.29, 0.717) is 11.8 Å². The quantitative estimate of drug-likeness (QED) is 0.776. The Kier molecular flexibility index (Phi) is 5.81. The molecule has 1 rings (SSSR count). The highest BCUT2D eigenvalue weighted by Crippen LogP contribution is 2.19. The highest BCUT2D eigenvalue weighted by Gasteiger charge is 2.25. The van der Waals surface area contributed by atoms with E-state index in [0.717, 1.165) is 38.9 Å². The number of carbonyl (C=O) groups excluding carboxylic acids is 1. The number of likely N-dealkylation sites (tertiary alicyclic amines) is 1. The molecular formula is C13H26N2O. The van der Waals surface area contributed by atoms with E-state index < -0.39 is 0 Å². The number of carbonyl (C=O) groups is 1. The molecule has 94 valence electrons. The predicted molar refractivity (Wildman–Crippen MR) is 67.3 cm³/mol. The number of rotatable bonds is 5. The van der Waals surface area contributed by atoms with Gasteiger partial charge in [-0.25, -0.2) is 0 Å². The van der Waals surface area contributed by atoms with Gasteiger partial charge >= 0.3 is 0 Å². The van der Waals surface area contributed by atoms with Gasteiger partial charge in [0.2, 0.25) is 5.91 Å². The highest BCUT2D eigenvalue weighted by atomic mass is 16.2. The minimum absolute atomic E-state index is 0.207. The normalized spacial score (nSPS) is 23.2. The topological polar surface area (TPSA) is 32.3 Å². The second-order valence-electron chi connectivity index (χ2n) is 5.04. The van der Waals surface area contributed by atoms with E-state index in [1.807, 2.05) is 7.05 Å². The van der Waals surface area contributed by atoms with E-state index >= 15 is 0 Å². The fraction of sp³-hybridized carbons (Fsp3) is 0.923. The van der Waals surface area contributed by atoms with Crippen LogP contribution < -0.4 is 5.32 Å². The van der Waals surface area contributed by atoms with Crippen molar-refractivity contribution in [2.75, 3.05) is 26.7 Å². The van der Waals surface area contributed by atoms with Crippen LogP contribution in [0.1, 0.15) is 39.5 Å². The van der Waals surface area contributed by atoms with Crippen molar-refractivity contribution in [3.05, 3.63) is 0 Å². The van der Waals surface area contributed by atoms with Crippen LogP contribution in [0.2, 0.25) is 0 Å². The van der Waals surface area contributed by atoms with E-state index in [1.54, 1.807) is 0 Å². The Morgan fingerprint density at radius 1 is 1.56 bits per heavy atom. The van der Waals surface area contributed by atoms with Crippen molar-refractivity contribution in [2.45, 2.75) is 39.5 Å². The van der Waals surface area contributed by atoms with Gasteiger partial charge < -0.3 is 10.2 Å². The smallest absolute Gasteiger partial charge is 0.225 e. The van der Waals surface area contributed by atoms with Crippen molar-refractivity contribution in [1.29, 1.82) is 0 Å². The molecule has 16 heavy (non-hydrogen) atoms. The minimum atomic E-state index is 0.207. The van der Waals surface area contributed by atoms with Gasteiger partial charge in [-0.15, -0.1) is 0 Å². The van der Waals surface area contributed by atoms with E-state index in [4.69, 9.17) is 0 Å². The summed E-state index contributed by atoms with van der Waals surface area (Å²) >= 11 is 0. The van der Waals surface area contributed by atoms with Crippen LogP contribution in [0.25, 0.3) is 0 Å². The summed E-state index contributed by atoms with van der Waals surface area (Å²) in [6, 6.07) is 0. The van der Waals surface area contributed by atoms with E-state index in [1.165, 1.54) is 6.42 Å². The Morgan fingerprint density at radius 2 is 2.31 bits per heavy atom. The maximum atomic E-state index is 12.1.